The molecule has 0 aromatic heterocycles. The van der Waals surface area contributed by atoms with Crippen LogP contribution in [0.4, 0.5) is 0 Å². The number of hydrogen-bond donors (Lipinski definition) is 0. The van der Waals surface area contributed by atoms with Gasteiger partial charge in [-0.3, -0.25) is 0 Å². The quantitative estimate of drug-likeness (QED) is 0.368. The van der Waals surface area contributed by atoms with Gasteiger partial charge in [0.1, 0.15) is 0 Å². The van der Waals surface area contributed by atoms with Crippen molar-refractivity contribution in [2.45, 2.75) is 19.7 Å². The Morgan fingerprint density at radius 1 is 1.67 bits per heavy atom. The summed E-state index contributed by atoms with van der Waals surface area (Å²) in [5.74, 6) is 0. The molecule has 6 heavy (non-hydrogen) atoms. The fourth-order valence-electron chi connectivity index (χ4n) is 0.236. The Bertz CT molecular complexity index is 19.5. The van der Waals surface area contributed by atoms with E-state index in [4.69, 9.17) is 0 Å². The summed E-state index contributed by atoms with van der Waals surface area (Å²) in [6.45, 7) is 2.12. The Hall–Kier alpha value is 0.0249. The first-order chi connectivity index (χ1) is 2.91. The van der Waals surface area contributed by atoms with Crippen LogP contribution in [0.5, 0.6) is 0 Å². The van der Waals surface area contributed by atoms with Gasteiger partial charge >= 0.3 is 0 Å². The molecule has 0 aliphatic heterocycles. The van der Waals surface area contributed by atoms with Gasteiger partial charge in [0.2, 0.25) is 0 Å². The van der Waals surface area contributed by atoms with Crippen molar-refractivity contribution >= 4 is 7.48 Å². The van der Waals surface area contributed by atoms with Gasteiger partial charge in [0, 0.05) is 7.11 Å². The van der Waals surface area contributed by atoms with Gasteiger partial charge in [0.05, 0.1) is 0 Å². The van der Waals surface area contributed by atoms with Crippen molar-refractivity contribution < 1.29 is 4.65 Å². The second kappa shape index (κ2) is 5.02. The summed E-state index contributed by atoms with van der Waals surface area (Å²) in [4.78, 5) is 0. The van der Waals surface area contributed by atoms with Crippen LogP contribution in [0.3, 0.4) is 0 Å². The average Bonchev–Trinajstić information content (AvgIpc) is 1.61. The van der Waals surface area contributed by atoms with Crippen LogP contribution in [0.25, 0.3) is 0 Å². The van der Waals surface area contributed by atoms with E-state index < -0.39 is 0 Å². The average molecular weight is 84.9 g/mol. The van der Waals surface area contributed by atoms with E-state index in [-0.39, 0.29) is 0 Å². The van der Waals surface area contributed by atoms with Gasteiger partial charge < -0.3 is 4.65 Å². The maximum Gasteiger partial charge on any atom is 0.291 e. The summed E-state index contributed by atoms with van der Waals surface area (Å²) in [6, 6.07) is 0. The van der Waals surface area contributed by atoms with E-state index in [1.165, 1.54) is 6.42 Å². The SMILES string of the molecule is CCC[B]OC. The Kier molecular flexibility index (Phi) is 5.05. The third-order valence-electron chi connectivity index (χ3n) is 0.573. The van der Waals surface area contributed by atoms with Gasteiger partial charge in [0.25, 0.3) is 7.48 Å². The zero-order valence-electron chi connectivity index (χ0n) is 4.40. The van der Waals surface area contributed by atoms with E-state index in [2.05, 4.69) is 11.6 Å². The van der Waals surface area contributed by atoms with Crippen molar-refractivity contribution in [3.8, 4) is 0 Å². The molecule has 2 heteroatoms. The van der Waals surface area contributed by atoms with Crippen molar-refractivity contribution in [3.05, 3.63) is 0 Å². The summed E-state index contributed by atoms with van der Waals surface area (Å²) in [7, 11) is 3.48. The van der Waals surface area contributed by atoms with Crippen LogP contribution in [0, 0.1) is 0 Å². The first-order valence-electron chi connectivity index (χ1n) is 2.26. The first-order valence-corrected chi connectivity index (χ1v) is 2.26. The lowest BCUT2D eigenvalue weighted by molar-refractivity contribution is 0.440. The van der Waals surface area contributed by atoms with E-state index in [0.717, 1.165) is 6.32 Å². The molecule has 0 aliphatic rings. The van der Waals surface area contributed by atoms with Crippen LogP contribution in [0.1, 0.15) is 13.3 Å². The van der Waals surface area contributed by atoms with Gasteiger partial charge in [-0.05, 0) is 0 Å². The summed E-state index contributed by atoms with van der Waals surface area (Å²) >= 11 is 0. The number of rotatable bonds is 3. The van der Waals surface area contributed by atoms with Crippen LogP contribution < -0.4 is 0 Å². The summed E-state index contributed by atoms with van der Waals surface area (Å²) < 4.78 is 4.66. The highest BCUT2D eigenvalue weighted by Gasteiger charge is 1.80. The lowest BCUT2D eigenvalue weighted by Gasteiger charge is -1.85. The molecule has 0 aromatic carbocycles. The predicted octanol–water partition coefficient (Wildman–Crippen LogP) is 1.08. The van der Waals surface area contributed by atoms with E-state index >= 15 is 0 Å². The molecule has 0 heterocycles. The highest BCUT2D eigenvalue weighted by Crippen LogP contribution is 1.82. The molecule has 0 bridgehead atoms. The Labute approximate surface area is 40.0 Å². The Balaban J connectivity index is 2.34. The minimum atomic E-state index is 1.07. The van der Waals surface area contributed by atoms with Gasteiger partial charge in [-0.25, -0.2) is 0 Å². The van der Waals surface area contributed by atoms with Crippen molar-refractivity contribution in [3.63, 3.8) is 0 Å². The molecular formula is C4H10BO. The fourth-order valence-corrected chi connectivity index (χ4v) is 0.236. The highest BCUT2D eigenvalue weighted by atomic mass is 16.4. The fraction of sp³-hybridized carbons (Fsp3) is 1.00. The standard InChI is InChI=1S/C4H10BO/c1-3-4-5-6-2/h3-4H2,1-2H3. The van der Waals surface area contributed by atoms with Gasteiger partial charge in [-0.2, -0.15) is 0 Å². The lowest BCUT2D eigenvalue weighted by Crippen LogP contribution is -1.89. The van der Waals surface area contributed by atoms with Crippen molar-refractivity contribution in [1.29, 1.82) is 0 Å². The molecule has 1 nitrogen and oxygen atoms in total. The van der Waals surface area contributed by atoms with Crippen molar-refractivity contribution in [2.75, 3.05) is 7.11 Å². The van der Waals surface area contributed by atoms with E-state index in [0.29, 0.717) is 0 Å². The zero-order valence-corrected chi connectivity index (χ0v) is 4.40. The molecule has 0 unspecified atom stereocenters. The predicted molar refractivity (Wildman–Crippen MR) is 27.9 cm³/mol. The molecule has 0 rings (SSSR count). The lowest BCUT2D eigenvalue weighted by atomic mass is 9.94. The van der Waals surface area contributed by atoms with Crippen molar-refractivity contribution in [1.82, 2.24) is 0 Å². The zero-order chi connectivity index (χ0) is 4.83. The molecule has 0 saturated heterocycles. The van der Waals surface area contributed by atoms with Gasteiger partial charge in [-0.1, -0.05) is 19.7 Å². The van der Waals surface area contributed by atoms with Crippen LogP contribution in [-0.2, 0) is 4.65 Å². The Morgan fingerprint density at radius 2 is 2.33 bits per heavy atom. The molecule has 0 saturated carbocycles. The summed E-state index contributed by atoms with van der Waals surface area (Å²) in [5.41, 5.74) is 0. The van der Waals surface area contributed by atoms with Crippen LogP contribution in [-0.4, -0.2) is 14.6 Å². The maximum absolute atomic E-state index is 4.66. The molecule has 35 valence electrons. The summed E-state index contributed by atoms with van der Waals surface area (Å²) in [6.07, 6.45) is 2.24. The normalized spacial score (nSPS) is 8.33. The largest absolute Gasteiger partial charge is 0.443 e. The third kappa shape index (κ3) is 4.02. The highest BCUT2D eigenvalue weighted by molar-refractivity contribution is 6.26. The van der Waals surface area contributed by atoms with E-state index in [9.17, 15) is 0 Å². The van der Waals surface area contributed by atoms with Crippen LogP contribution >= 0.6 is 0 Å². The second-order valence-corrected chi connectivity index (χ2v) is 1.19. The molecule has 0 N–H and O–H groups in total. The molecule has 0 amide bonds. The molecule has 1 radical (unpaired) electrons. The van der Waals surface area contributed by atoms with Crippen LogP contribution in [0.2, 0.25) is 6.32 Å². The molecular weight excluding hydrogens is 74.9 g/mol. The van der Waals surface area contributed by atoms with Gasteiger partial charge in [0.15, 0.2) is 0 Å². The van der Waals surface area contributed by atoms with E-state index in [1.807, 2.05) is 0 Å². The molecule has 0 spiro atoms. The monoisotopic (exact) mass is 85.1 g/mol. The van der Waals surface area contributed by atoms with Gasteiger partial charge in [-0.15, -0.1) is 0 Å². The number of hydrogen-bond acceptors (Lipinski definition) is 1. The summed E-state index contributed by atoms with van der Waals surface area (Å²) in [5, 5.41) is 0. The molecule has 0 aromatic rings. The van der Waals surface area contributed by atoms with Crippen molar-refractivity contribution in [2.24, 2.45) is 0 Å². The smallest absolute Gasteiger partial charge is 0.291 e. The minimum absolute atomic E-state index is 1.07. The topological polar surface area (TPSA) is 9.23 Å². The minimum Gasteiger partial charge on any atom is -0.443 e. The first kappa shape index (κ1) is 6.02. The Morgan fingerprint density at radius 3 is 2.50 bits per heavy atom. The third-order valence-corrected chi connectivity index (χ3v) is 0.573. The molecule has 0 atom stereocenters. The van der Waals surface area contributed by atoms with Crippen LogP contribution in [0.15, 0.2) is 0 Å². The second-order valence-electron chi connectivity index (χ2n) is 1.19. The van der Waals surface area contributed by atoms with E-state index in [1.54, 1.807) is 14.6 Å². The molecule has 0 aliphatic carbocycles. The maximum atomic E-state index is 4.66. The molecule has 0 fully saturated rings.